The Morgan fingerprint density at radius 1 is 0.228 bits per heavy atom. The number of fused-ring (bicyclic) bond motifs is 3. The predicted molar refractivity (Wildman–Crippen MR) is 243 cm³/mol. The Labute approximate surface area is 334 Å². The van der Waals surface area contributed by atoms with Gasteiger partial charge in [0.1, 0.15) is 0 Å². The van der Waals surface area contributed by atoms with Gasteiger partial charge in [-0.15, -0.1) is 0 Å². The zero-order valence-electron chi connectivity index (χ0n) is 31.5. The molecule has 0 aliphatic heterocycles. The summed E-state index contributed by atoms with van der Waals surface area (Å²) in [6.45, 7) is 0. The number of para-hydroxylation sites is 1. The summed E-state index contributed by atoms with van der Waals surface area (Å²) in [5, 5.41) is 4.90. The summed E-state index contributed by atoms with van der Waals surface area (Å²) in [5.41, 5.74) is 15.3. The lowest BCUT2D eigenvalue weighted by Gasteiger charge is -2.30. The van der Waals surface area contributed by atoms with Crippen molar-refractivity contribution in [1.82, 2.24) is 0 Å². The van der Waals surface area contributed by atoms with Crippen LogP contribution in [0.5, 0.6) is 0 Å². The van der Waals surface area contributed by atoms with E-state index in [0.717, 1.165) is 22.6 Å². The summed E-state index contributed by atoms with van der Waals surface area (Å²) in [4.78, 5) is 2.47. The van der Waals surface area contributed by atoms with Crippen LogP contribution in [0.3, 0.4) is 0 Å². The third-order valence-corrected chi connectivity index (χ3v) is 11.1. The molecule has 0 spiro atoms. The standard InChI is InChI=1S/C56H39N/c1-3-18-40(19-4-1)43-23-17-24-44(38-43)41-34-36-46(37-35-41)57(56-39-45-22-7-8-26-48(45)50-28-13-14-32-54(50)56)55-33-16-15-31-53(55)52-30-12-11-29-51(52)49-27-10-9-25-47(49)42-20-5-2-6-21-42/h1-39H. The summed E-state index contributed by atoms with van der Waals surface area (Å²) in [6.07, 6.45) is 0. The van der Waals surface area contributed by atoms with Crippen LogP contribution >= 0.6 is 0 Å². The molecule has 1 nitrogen and oxygen atoms in total. The molecule has 0 N–H and O–H groups in total. The first kappa shape index (κ1) is 34.0. The largest absolute Gasteiger partial charge is 0.309 e. The van der Waals surface area contributed by atoms with Gasteiger partial charge >= 0.3 is 0 Å². The van der Waals surface area contributed by atoms with Crippen molar-refractivity contribution in [3.8, 4) is 55.6 Å². The summed E-state index contributed by atoms with van der Waals surface area (Å²) >= 11 is 0. The summed E-state index contributed by atoms with van der Waals surface area (Å²) in [5.74, 6) is 0. The van der Waals surface area contributed by atoms with Crippen LogP contribution in [-0.4, -0.2) is 0 Å². The average Bonchev–Trinajstić information content (AvgIpc) is 3.30. The normalized spacial score (nSPS) is 11.2. The van der Waals surface area contributed by atoms with E-state index in [1.54, 1.807) is 0 Å². The molecule has 10 aromatic rings. The number of hydrogen-bond acceptors (Lipinski definition) is 1. The SMILES string of the molecule is c1ccc(-c2cccc(-c3ccc(N(c4ccccc4-c4ccccc4-c4ccccc4-c4ccccc4)c4cc5ccccc5c5ccccc45)cc3)c2)cc1. The molecule has 0 aliphatic rings. The molecule has 0 saturated carbocycles. The summed E-state index contributed by atoms with van der Waals surface area (Å²) in [6, 6.07) is 85.7. The van der Waals surface area contributed by atoms with Gasteiger partial charge in [-0.1, -0.05) is 206 Å². The molecule has 268 valence electrons. The van der Waals surface area contributed by atoms with E-state index in [4.69, 9.17) is 0 Å². The summed E-state index contributed by atoms with van der Waals surface area (Å²) < 4.78 is 0. The maximum absolute atomic E-state index is 2.47. The van der Waals surface area contributed by atoms with Crippen LogP contribution in [0.25, 0.3) is 77.2 Å². The minimum atomic E-state index is 1.09. The first-order chi connectivity index (χ1) is 28.3. The molecule has 0 heterocycles. The van der Waals surface area contributed by atoms with E-state index >= 15 is 0 Å². The van der Waals surface area contributed by atoms with Crippen LogP contribution in [-0.2, 0) is 0 Å². The van der Waals surface area contributed by atoms with Gasteiger partial charge in [-0.2, -0.15) is 0 Å². The molecule has 57 heavy (non-hydrogen) atoms. The van der Waals surface area contributed by atoms with Gasteiger partial charge in [0.25, 0.3) is 0 Å². The minimum absolute atomic E-state index is 1.09. The molecule has 1 heteroatoms. The molecule has 10 rings (SSSR count). The van der Waals surface area contributed by atoms with E-state index in [-0.39, 0.29) is 0 Å². The number of rotatable bonds is 8. The van der Waals surface area contributed by atoms with Crippen LogP contribution < -0.4 is 4.90 Å². The zero-order valence-corrected chi connectivity index (χ0v) is 31.5. The van der Waals surface area contributed by atoms with Crippen molar-refractivity contribution in [2.45, 2.75) is 0 Å². The average molecular weight is 726 g/mol. The smallest absolute Gasteiger partial charge is 0.0546 e. The lowest BCUT2D eigenvalue weighted by Crippen LogP contribution is -2.12. The lowest BCUT2D eigenvalue weighted by molar-refractivity contribution is 1.30. The highest BCUT2D eigenvalue weighted by Gasteiger charge is 2.22. The van der Waals surface area contributed by atoms with E-state index in [0.29, 0.717) is 0 Å². The van der Waals surface area contributed by atoms with E-state index in [1.807, 2.05) is 0 Å². The Balaban J connectivity index is 1.18. The van der Waals surface area contributed by atoms with Gasteiger partial charge in [-0.05, 0) is 96.6 Å². The van der Waals surface area contributed by atoms with Crippen LogP contribution in [0.2, 0.25) is 0 Å². The molecular formula is C56H39N. The van der Waals surface area contributed by atoms with E-state index in [9.17, 15) is 0 Å². The monoisotopic (exact) mass is 725 g/mol. The Kier molecular flexibility index (Phi) is 8.95. The number of benzene rings is 10. The first-order valence-corrected chi connectivity index (χ1v) is 19.6. The van der Waals surface area contributed by atoms with Crippen LogP contribution in [0.4, 0.5) is 17.1 Å². The van der Waals surface area contributed by atoms with Crippen molar-refractivity contribution >= 4 is 38.6 Å². The predicted octanol–water partition coefficient (Wildman–Crippen LogP) is 15.8. The van der Waals surface area contributed by atoms with Gasteiger partial charge < -0.3 is 4.90 Å². The second-order valence-electron chi connectivity index (χ2n) is 14.5. The molecule has 0 bridgehead atoms. The Morgan fingerprint density at radius 3 is 1.37 bits per heavy atom. The fourth-order valence-corrected chi connectivity index (χ4v) is 8.38. The molecule has 0 atom stereocenters. The molecule has 0 fully saturated rings. The first-order valence-electron chi connectivity index (χ1n) is 19.6. The Bertz CT molecular complexity index is 3000. The van der Waals surface area contributed by atoms with Crippen molar-refractivity contribution in [2.75, 3.05) is 4.90 Å². The Hall–Kier alpha value is -7.48. The van der Waals surface area contributed by atoms with E-state index in [2.05, 4.69) is 241 Å². The van der Waals surface area contributed by atoms with E-state index in [1.165, 1.54) is 71.6 Å². The van der Waals surface area contributed by atoms with Gasteiger partial charge in [0.05, 0.1) is 11.4 Å². The maximum Gasteiger partial charge on any atom is 0.0546 e. The molecule has 0 amide bonds. The Morgan fingerprint density at radius 2 is 0.684 bits per heavy atom. The molecule has 0 unspecified atom stereocenters. The van der Waals surface area contributed by atoms with Crippen LogP contribution in [0.15, 0.2) is 237 Å². The van der Waals surface area contributed by atoms with E-state index < -0.39 is 0 Å². The second-order valence-corrected chi connectivity index (χ2v) is 14.5. The topological polar surface area (TPSA) is 3.24 Å². The highest BCUT2D eigenvalue weighted by Crippen LogP contribution is 2.48. The van der Waals surface area contributed by atoms with Crippen molar-refractivity contribution in [3.63, 3.8) is 0 Å². The van der Waals surface area contributed by atoms with Crippen molar-refractivity contribution in [1.29, 1.82) is 0 Å². The van der Waals surface area contributed by atoms with Gasteiger partial charge in [0, 0.05) is 16.6 Å². The zero-order chi connectivity index (χ0) is 38.0. The van der Waals surface area contributed by atoms with Crippen molar-refractivity contribution in [3.05, 3.63) is 237 Å². The molecule has 0 saturated heterocycles. The third-order valence-electron chi connectivity index (χ3n) is 11.1. The maximum atomic E-state index is 2.47. The fourth-order valence-electron chi connectivity index (χ4n) is 8.38. The molecule has 0 radical (unpaired) electrons. The lowest BCUT2D eigenvalue weighted by atomic mass is 9.88. The minimum Gasteiger partial charge on any atom is -0.309 e. The fraction of sp³-hybridized carbons (Fsp3) is 0. The summed E-state index contributed by atoms with van der Waals surface area (Å²) in [7, 11) is 0. The van der Waals surface area contributed by atoms with Crippen molar-refractivity contribution in [2.24, 2.45) is 0 Å². The van der Waals surface area contributed by atoms with Gasteiger partial charge in [-0.3, -0.25) is 0 Å². The molecular weight excluding hydrogens is 687 g/mol. The number of hydrogen-bond donors (Lipinski definition) is 0. The number of anilines is 3. The van der Waals surface area contributed by atoms with Crippen LogP contribution in [0.1, 0.15) is 0 Å². The van der Waals surface area contributed by atoms with Gasteiger partial charge in [0.15, 0.2) is 0 Å². The highest BCUT2D eigenvalue weighted by atomic mass is 15.1. The molecule has 0 aliphatic carbocycles. The number of nitrogens with zero attached hydrogens (tertiary/aromatic N) is 1. The highest BCUT2D eigenvalue weighted by molar-refractivity contribution is 6.15. The second kappa shape index (κ2) is 15.0. The van der Waals surface area contributed by atoms with Gasteiger partial charge in [0.2, 0.25) is 0 Å². The molecule has 10 aromatic carbocycles. The van der Waals surface area contributed by atoms with Gasteiger partial charge in [-0.25, -0.2) is 0 Å². The van der Waals surface area contributed by atoms with Crippen LogP contribution in [0, 0.1) is 0 Å². The third kappa shape index (κ3) is 6.46. The van der Waals surface area contributed by atoms with Crippen molar-refractivity contribution < 1.29 is 0 Å². The molecule has 0 aromatic heterocycles. The quantitative estimate of drug-likeness (QED) is 0.141.